The molecule has 1 aromatic heterocycles. The third kappa shape index (κ3) is 5.89. The van der Waals surface area contributed by atoms with Crippen molar-refractivity contribution in [1.29, 1.82) is 0 Å². The van der Waals surface area contributed by atoms with Crippen LogP contribution in [0.2, 0.25) is 0 Å². The highest BCUT2D eigenvalue weighted by molar-refractivity contribution is 7.18. The van der Waals surface area contributed by atoms with Crippen LogP contribution < -0.4 is 10.1 Å². The van der Waals surface area contributed by atoms with Crippen molar-refractivity contribution in [2.24, 2.45) is 0 Å². The maximum Gasteiger partial charge on any atom is 0.220 e. The molecule has 1 heterocycles. The summed E-state index contributed by atoms with van der Waals surface area (Å²) in [7, 11) is 0. The highest BCUT2D eigenvalue weighted by Crippen LogP contribution is 2.22. The topological polar surface area (TPSA) is 68.3 Å². The van der Waals surface area contributed by atoms with Gasteiger partial charge in [-0.3, -0.25) is 9.59 Å². The minimum Gasteiger partial charge on any atom is -0.494 e. The maximum absolute atomic E-state index is 11.9. The second-order valence-electron chi connectivity index (χ2n) is 6.56. The van der Waals surface area contributed by atoms with E-state index in [4.69, 9.17) is 4.74 Å². The monoisotopic (exact) mass is 396 g/mol. The lowest BCUT2D eigenvalue weighted by atomic mass is 10.1. The summed E-state index contributed by atoms with van der Waals surface area (Å²) in [5.74, 6) is 0.785. The number of rotatable bonds is 10. The molecule has 0 bridgehead atoms. The second-order valence-corrected chi connectivity index (χ2v) is 7.68. The number of ether oxygens (including phenoxy) is 1. The molecule has 146 valence electrons. The predicted octanol–water partition coefficient (Wildman–Crippen LogP) is 4.41. The number of hydrogen-bond donors (Lipinski definition) is 1. The van der Waals surface area contributed by atoms with E-state index in [0.717, 1.165) is 23.4 Å². The number of aromatic nitrogens is 1. The van der Waals surface area contributed by atoms with Gasteiger partial charge in [0.25, 0.3) is 0 Å². The number of nitrogens with one attached hydrogen (secondary N) is 1. The lowest BCUT2D eigenvalue weighted by molar-refractivity contribution is -0.121. The Hall–Kier alpha value is -2.73. The van der Waals surface area contributed by atoms with Gasteiger partial charge in [0.1, 0.15) is 5.75 Å². The Kier molecular flexibility index (Phi) is 7.14. The number of aryl methyl sites for hydroxylation is 1. The van der Waals surface area contributed by atoms with Gasteiger partial charge < -0.3 is 10.1 Å². The summed E-state index contributed by atoms with van der Waals surface area (Å²) in [5.41, 5.74) is 1.71. The molecule has 28 heavy (non-hydrogen) atoms. The number of para-hydroxylation sites is 1. The highest BCUT2D eigenvalue weighted by atomic mass is 32.1. The molecular weight excluding hydrogens is 372 g/mol. The van der Waals surface area contributed by atoms with Gasteiger partial charge in [0.2, 0.25) is 5.91 Å². The average molecular weight is 397 g/mol. The van der Waals surface area contributed by atoms with E-state index in [1.807, 2.05) is 18.2 Å². The minimum absolute atomic E-state index is 0.0337. The molecule has 0 spiro atoms. The Bertz CT molecular complexity index is 901. The summed E-state index contributed by atoms with van der Waals surface area (Å²) in [6.45, 7) is 2.66. The van der Waals surface area contributed by atoms with Gasteiger partial charge >= 0.3 is 0 Å². The zero-order valence-electron chi connectivity index (χ0n) is 15.9. The van der Waals surface area contributed by atoms with E-state index < -0.39 is 0 Å². The molecule has 1 amide bonds. The molecule has 5 nitrogen and oxygen atoms in total. The van der Waals surface area contributed by atoms with Crippen LogP contribution in [0.1, 0.15) is 41.6 Å². The molecule has 3 aromatic rings. The number of hydrogen-bond acceptors (Lipinski definition) is 5. The Morgan fingerprint density at radius 2 is 1.86 bits per heavy atom. The van der Waals surface area contributed by atoms with Crippen molar-refractivity contribution in [3.8, 4) is 5.75 Å². The first kappa shape index (κ1) is 20.0. The standard InChI is InChI=1S/C22H24N2O3S/c1-16(25)17-10-12-18(13-11-17)27-15-5-8-21(26)23-14-4-9-22-24-19-6-2-3-7-20(19)28-22/h2-3,6-7,10-13H,4-5,8-9,14-15H2,1H3,(H,23,26). The van der Waals surface area contributed by atoms with Crippen LogP contribution in [0, 0.1) is 0 Å². The lowest BCUT2D eigenvalue weighted by Crippen LogP contribution is -2.24. The van der Waals surface area contributed by atoms with Gasteiger partial charge in [0, 0.05) is 24.9 Å². The number of nitrogens with zero attached hydrogens (tertiary/aromatic N) is 1. The summed E-state index contributed by atoms with van der Waals surface area (Å²) < 4.78 is 6.81. The number of fused-ring (bicyclic) bond motifs is 1. The first-order valence-electron chi connectivity index (χ1n) is 9.47. The molecule has 0 saturated carbocycles. The van der Waals surface area contributed by atoms with E-state index in [2.05, 4.69) is 16.4 Å². The van der Waals surface area contributed by atoms with E-state index >= 15 is 0 Å². The Balaban J connectivity index is 1.27. The molecule has 0 aliphatic carbocycles. The van der Waals surface area contributed by atoms with Crippen LogP contribution >= 0.6 is 11.3 Å². The van der Waals surface area contributed by atoms with Crippen molar-refractivity contribution in [2.45, 2.75) is 32.6 Å². The number of benzene rings is 2. The third-order valence-corrected chi connectivity index (χ3v) is 5.40. The highest BCUT2D eigenvalue weighted by Gasteiger charge is 2.05. The zero-order valence-corrected chi connectivity index (χ0v) is 16.8. The molecule has 0 saturated heterocycles. The van der Waals surface area contributed by atoms with Crippen LogP contribution in [0.5, 0.6) is 5.75 Å². The molecule has 0 aliphatic heterocycles. The fourth-order valence-electron chi connectivity index (χ4n) is 2.79. The molecule has 3 rings (SSSR count). The van der Waals surface area contributed by atoms with E-state index in [9.17, 15) is 9.59 Å². The number of carbonyl (C=O) groups excluding carboxylic acids is 2. The Morgan fingerprint density at radius 1 is 1.07 bits per heavy atom. The van der Waals surface area contributed by atoms with Crippen LogP contribution in [0.25, 0.3) is 10.2 Å². The fraction of sp³-hybridized carbons (Fsp3) is 0.318. The SMILES string of the molecule is CC(=O)c1ccc(OCCCC(=O)NCCCc2nc3ccccc3s2)cc1. The molecule has 2 aromatic carbocycles. The van der Waals surface area contributed by atoms with Crippen LogP contribution in [0.15, 0.2) is 48.5 Å². The first-order chi connectivity index (χ1) is 13.6. The molecule has 1 N–H and O–H groups in total. The number of thiazole rings is 1. The molecule has 0 atom stereocenters. The van der Waals surface area contributed by atoms with Crippen molar-refractivity contribution in [1.82, 2.24) is 10.3 Å². The van der Waals surface area contributed by atoms with Crippen LogP contribution in [-0.2, 0) is 11.2 Å². The third-order valence-electron chi connectivity index (χ3n) is 4.31. The summed E-state index contributed by atoms with van der Waals surface area (Å²) in [6, 6.07) is 15.2. The van der Waals surface area contributed by atoms with E-state index in [1.165, 1.54) is 11.6 Å². The van der Waals surface area contributed by atoms with Gasteiger partial charge in [-0.15, -0.1) is 11.3 Å². The Labute approximate surface area is 168 Å². The minimum atomic E-state index is 0.0337. The smallest absolute Gasteiger partial charge is 0.220 e. The van der Waals surface area contributed by atoms with E-state index in [1.54, 1.807) is 35.6 Å². The number of amides is 1. The van der Waals surface area contributed by atoms with Crippen LogP contribution in [-0.4, -0.2) is 29.8 Å². The van der Waals surface area contributed by atoms with Gasteiger partial charge in [0.15, 0.2) is 5.78 Å². The van der Waals surface area contributed by atoms with Gasteiger partial charge in [-0.2, -0.15) is 0 Å². The van der Waals surface area contributed by atoms with Crippen molar-refractivity contribution in [3.63, 3.8) is 0 Å². The van der Waals surface area contributed by atoms with Crippen molar-refractivity contribution in [2.75, 3.05) is 13.2 Å². The zero-order chi connectivity index (χ0) is 19.8. The maximum atomic E-state index is 11.9. The van der Waals surface area contributed by atoms with Crippen molar-refractivity contribution in [3.05, 3.63) is 59.1 Å². The number of ketones is 1. The predicted molar refractivity (Wildman–Crippen MR) is 112 cm³/mol. The van der Waals surface area contributed by atoms with Gasteiger partial charge in [-0.05, 0) is 56.2 Å². The molecule has 6 heteroatoms. The van der Waals surface area contributed by atoms with Gasteiger partial charge in [-0.1, -0.05) is 12.1 Å². The number of carbonyl (C=O) groups is 2. The molecule has 0 unspecified atom stereocenters. The summed E-state index contributed by atoms with van der Waals surface area (Å²) in [6.07, 6.45) is 2.84. The van der Waals surface area contributed by atoms with Crippen LogP contribution in [0.3, 0.4) is 0 Å². The molecule has 0 fully saturated rings. The molecule has 0 aliphatic rings. The largest absolute Gasteiger partial charge is 0.494 e. The van der Waals surface area contributed by atoms with Crippen molar-refractivity contribution >= 4 is 33.2 Å². The normalized spacial score (nSPS) is 10.8. The van der Waals surface area contributed by atoms with Crippen molar-refractivity contribution < 1.29 is 14.3 Å². The molecule has 0 radical (unpaired) electrons. The lowest BCUT2D eigenvalue weighted by Gasteiger charge is -2.07. The molecular formula is C22H24N2O3S. The van der Waals surface area contributed by atoms with E-state index in [0.29, 0.717) is 37.3 Å². The quantitative estimate of drug-likeness (QED) is 0.407. The first-order valence-corrected chi connectivity index (χ1v) is 10.3. The summed E-state index contributed by atoms with van der Waals surface area (Å²) in [4.78, 5) is 27.7. The number of Topliss-reactive ketones (excluding diaryl/α,β-unsaturated/α-hetero) is 1. The fourth-order valence-corrected chi connectivity index (χ4v) is 3.80. The van der Waals surface area contributed by atoms with Gasteiger partial charge in [0.05, 0.1) is 21.8 Å². The Morgan fingerprint density at radius 3 is 2.61 bits per heavy atom. The average Bonchev–Trinajstić information content (AvgIpc) is 3.12. The van der Waals surface area contributed by atoms with E-state index in [-0.39, 0.29) is 11.7 Å². The summed E-state index contributed by atoms with van der Waals surface area (Å²) in [5, 5.41) is 4.06. The summed E-state index contributed by atoms with van der Waals surface area (Å²) >= 11 is 1.71. The second kappa shape index (κ2) is 9.99. The van der Waals surface area contributed by atoms with Gasteiger partial charge in [-0.25, -0.2) is 4.98 Å². The van der Waals surface area contributed by atoms with Crippen LogP contribution in [0.4, 0.5) is 0 Å².